The van der Waals surface area contributed by atoms with E-state index in [1.54, 1.807) is 0 Å². The van der Waals surface area contributed by atoms with Gasteiger partial charge in [0.2, 0.25) is 0 Å². The number of rotatable bonds is 4. The van der Waals surface area contributed by atoms with Crippen LogP contribution in [0.4, 0.5) is 5.69 Å². The highest BCUT2D eigenvalue weighted by Gasteiger charge is 2.10. The average molecular weight is 221 g/mol. The van der Waals surface area contributed by atoms with Crippen molar-refractivity contribution < 1.29 is 4.74 Å². The molecule has 0 amide bonds. The molecule has 0 saturated carbocycles. The van der Waals surface area contributed by atoms with Gasteiger partial charge in [-0.3, -0.25) is 9.88 Å². The summed E-state index contributed by atoms with van der Waals surface area (Å²) >= 11 is 0. The smallest absolute Gasteiger partial charge is 0.0594 e. The second-order valence-corrected chi connectivity index (χ2v) is 4.08. The highest BCUT2D eigenvalue weighted by atomic mass is 16.5. The van der Waals surface area contributed by atoms with Gasteiger partial charge in [0.15, 0.2) is 0 Å². The van der Waals surface area contributed by atoms with Gasteiger partial charge in [-0.15, -0.1) is 0 Å². The van der Waals surface area contributed by atoms with Crippen molar-refractivity contribution in [3.63, 3.8) is 0 Å². The van der Waals surface area contributed by atoms with Crippen molar-refractivity contribution in [2.24, 2.45) is 0 Å². The fraction of sp³-hybridized carbons (Fsp3) is 0.583. The van der Waals surface area contributed by atoms with Gasteiger partial charge in [0, 0.05) is 51.3 Å². The van der Waals surface area contributed by atoms with Gasteiger partial charge >= 0.3 is 0 Å². The molecule has 16 heavy (non-hydrogen) atoms. The standard InChI is InChI=1S/C12H19N3O/c1-14(12-2-4-13-5-3-12)6-7-15-8-10-16-11-9-15/h2-5H,6-11H2,1H3. The Kier molecular flexibility index (Phi) is 4.13. The fourth-order valence-electron chi connectivity index (χ4n) is 1.84. The topological polar surface area (TPSA) is 28.6 Å². The van der Waals surface area contributed by atoms with Crippen molar-refractivity contribution in [1.82, 2.24) is 9.88 Å². The van der Waals surface area contributed by atoms with Gasteiger partial charge in [-0.05, 0) is 12.1 Å². The SMILES string of the molecule is CN(CCN1CCOCC1)c1ccncc1. The van der Waals surface area contributed by atoms with Crippen LogP contribution >= 0.6 is 0 Å². The second kappa shape index (κ2) is 5.82. The first-order valence-corrected chi connectivity index (χ1v) is 5.77. The highest BCUT2D eigenvalue weighted by molar-refractivity contribution is 5.43. The number of hydrogen-bond donors (Lipinski definition) is 0. The number of likely N-dealkylation sites (N-methyl/N-ethyl adjacent to an activating group) is 1. The van der Waals surface area contributed by atoms with Crippen LogP contribution in [-0.4, -0.2) is 56.3 Å². The third-order valence-electron chi connectivity index (χ3n) is 2.96. The van der Waals surface area contributed by atoms with E-state index in [1.165, 1.54) is 5.69 Å². The van der Waals surface area contributed by atoms with Crippen LogP contribution in [-0.2, 0) is 4.74 Å². The number of aromatic nitrogens is 1. The molecule has 0 radical (unpaired) electrons. The summed E-state index contributed by atoms with van der Waals surface area (Å²) in [4.78, 5) is 8.73. The maximum Gasteiger partial charge on any atom is 0.0594 e. The van der Waals surface area contributed by atoms with Crippen molar-refractivity contribution >= 4 is 5.69 Å². The largest absolute Gasteiger partial charge is 0.379 e. The molecule has 1 aromatic rings. The number of hydrogen-bond acceptors (Lipinski definition) is 4. The summed E-state index contributed by atoms with van der Waals surface area (Å²) in [6.07, 6.45) is 3.67. The normalized spacial score (nSPS) is 17.3. The van der Waals surface area contributed by atoms with Crippen LogP contribution in [0, 0.1) is 0 Å². The second-order valence-electron chi connectivity index (χ2n) is 4.08. The zero-order valence-corrected chi connectivity index (χ0v) is 9.80. The molecule has 0 atom stereocenters. The van der Waals surface area contributed by atoms with Crippen molar-refractivity contribution in [1.29, 1.82) is 0 Å². The predicted molar refractivity (Wildman–Crippen MR) is 64.8 cm³/mol. The van der Waals surface area contributed by atoms with Crippen molar-refractivity contribution in [2.75, 3.05) is 51.3 Å². The molecular formula is C12H19N3O. The summed E-state index contributed by atoms with van der Waals surface area (Å²) in [6.45, 7) is 6.01. The zero-order chi connectivity index (χ0) is 11.2. The summed E-state index contributed by atoms with van der Waals surface area (Å²) in [5.74, 6) is 0. The molecule has 88 valence electrons. The number of anilines is 1. The van der Waals surface area contributed by atoms with Crippen LogP contribution < -0.4 is 4.90 Å². The molecule has 1 aliphatic rings. The lowest BCUT2D eigenvalue weighted by molar-refractivity contribution is 0.0393. The van der Waals surface area contributed by atoms with Crippen LogP contribution in [0.2, 0.25) is 0 Å². The molecule has 0 unspecified atom stereocenters. The van der Waals surface area contributed by atoms with Crippen molar-refractivity contribution in [3.05, 3.63) is 24.5 Å². The van der Waals surface area contributed by atoms with Gasteiger partial charge < -0.3 is 9.64 Å². The molecule has 4 heteroatoms. The number of ether oxygens (including phenoxy) is 1. The first kappa shape index (κ1) is 11.4. The lowest BCUT2D eigenvalue weighted by atomic mass is 10.3. The van der Waals surface area contributed by atoms with E-state index in [0.29, 0.717) is 0 Å². The van der Waals surface area contributed by atoms with E-state index in [-0.39, 0.29) is 0 Å². The Morgan fingerprint density at radius 2 is 2.00 bits per heavy atom. The quantitative estimate of drug-likeness (QED) is 0.753. The molecule has 0 N–H and O–H groups in total. The van der Waals surface area contributed by atoms with Gasteiger partial charge in [-0.1, -0.05) is 0 Å². The molecule has 1 aromatic heterocycles. The maximum atomic E-state index is 5.33. The van der Waals surface area contributed by atoms with E-state index >= 15 is 0 Å². The van der Waals surface area contributed by atoms with Crippen LogP contribution in [0.25, 0.3) is 0 Å². The van der Waals surface area contributed by atoms with Gasteiger partial charge in [-0.2, -0.15) is 0 Å². The number of morpholine rings is 1. The van der Waals surface area contributed by atoms with E-state index in [0.717, 1.165) is 39.4 Å². The third-order valence-corrected chi connectivity index (χ3v) is 2.96. The molecule has 2 heterocycles. The predicted octanol–water partition coefficient (Wildman–Crippen LogP) is 0.850. The minimum atomic E-state index is 0.874. The molecule has 0 spiro atoms. The number of pyridine rings is 1. The molecular weight excluding hydrogens is 202 g/mol. The Bertz CT molecular complexity index is 298. The highest BCUT2D eigenvalue weighted by Crippen LogP contribution is 2.09. The van der Waals surface area contributed by atoms with Crippen LogP contribution in [0.15, 0.2) is 24.5 Å². The Labute approximate surface area is 96.8 Å². The minimum Gasteiger partial charge on any atom is -0.379 e. The third kappa shape index (κ3) is 3.18. The lowest BCUT2D eigenvalue weighted by Gasteiger charge is -2.29. The Hall–Kier alpha value is -1.13. The summed E-state index contributed by atoms with van der Waals surface area (Å²) in [6, 6.07) is 4.08. The summed E-state index contributed by atoms with van der Waals surface area (Å²) < 4.78 is 5.33. The van der Waals surface area contributed by atoms with E-state index < -0.39 is 0 Å². The van der Waals surface area contributed by atoms with E-state index in [2.05, 4.69) is 21.8 Å². The summed E-state index contributed by atoms with van der Waals surface area (Å²) in [5, 5.41) is 0. The first-order chi connectivity index (χ1) is 7.86. The van der Waals surface area contributed by atoms with Gasteiger partial charge in [0.05, 0.1) is 13.2 Å². The van der Waals surface area contributed by atoms with Crippen molar-refractivity contribution in [3.8, 4) is 0 Å². The monoisotopic (exact) mass is 221 g/mol. The van der Waals surface area contributed by atoms with Crippen LogP contribution in [0.1, 0.15) is 0 Å². The van der Waals surface area contributed by atoms with Gasteiger partial charge in [0.25, 0.3) is 0 Å². The van der Waals surface area contributed by atoms with E-state index in [1.807, 2.05) is 24.5 Å². The van der Waals surface area contributed by atoms with E-state index in [4.69, 9.17) is 4.74 Å². The molecule has 0 aliphatic carbocycles. The zero-order valence-electron chi connectivity index (χ0n) is 9.80. The Morgan fingerprint density at radius 3 is 2.69 bits per heavy atom. The molecule has 4 nitrogen and oxygen atoms in total. The van der Waals surface area contributed by atoms with Gasteiger partial charge in [0.1, 0.15) is 0 Å². The van der Waals surface area contributed by atoms with Crippen molar-refractivity contribution in [2.45, 2.75) is 0 Å². The Morgan fingerprint density at radius 1 is 1.31 bits per heavy atom. The molecule has 0 aromatic carbocycles. The minimum absolute atomic E-state index is 0.874. The molecule has 1 fully saturated rings. The van der Waals surface area contributed by atoms with E-state index in [9.17, 15) is 0 Å². The van der Waals surface area contributed by atoms with Gasteiger partial charge in [-0.25, -0.2) is 0 Å². The average Bonchev–Trinajstić information content (AvgIpc) is 2.38. The molecule has 0 bridgehead atoms. The Balaban J connectivity index is 1.77. The number of nitrogens with zero attached hydrogens (tertiary/aromatic N) is 3. The fourth-order valence-corrected chi connectivity index (χ4v) is 1.84. The summed E-state index contributed by atoms with van der Waals surface area (Å²) in [7, 11) is 2.12. The van der Waals surface area contributed by atoms with Crippen LogP contribution in [0.3, 0.4) is 0 Å². The maximum absolute atomic E-state index is 5.33. The molecule has 1 aliphatic heterocycles. The van der Waals surface area contributed by atoms with Crippen LogP contribution in [0.5, 0.6) is 0 Å². The molecule has 1 saturated heterocycles. The summed E-state index contributed by atoms with van der Waals surface area (Å²) in [5.41, 5.74) is 1.23. The first-order valence-electron chi connectivity index (χ1n) is 5.77. The lowest BCUT2D eigenvalue weighted by Crippen LogP contribution is -2.40. The molecule has 2 rings (SSSR count).